The van der Waals surface area contributed by atoms with Gasteiger partial charge in [-0.25, -0.2) is 4.98 Å². The normalized spacial score (nSPS) is 10.6. The Bertz CT molecular complexity index is 1050. The number of fused-ring (bicyclic) bond motifs is 1. The van der Waals surface area contributed by atoms with Gasteiger partial charge in [0.15, 0.2) is 12.2 Å². The molecular weight excluding hydrogens is 430 g/mol. The number of carbonyl (C=O) groups excluding carboxylic acids is 3. The Morgan fingerprint density at radius 1 is 1.13 bits per heavy atom. The van der Waals surface area contributed by atoms with Crippen LogP contribution in [-0.2, 0) is 19.1 Å². The Labute approximate surface area is 181 Å². The lowest BCUT2D eigenvalue weighted by Crippen LogP contribution is -2.35. The first-order valence-corrected chi connectivity index (χ1v) is 10.2. The molecule has 0 radical (unpaired) electrons. The summed E-state index contributed by atoms with van der Waals surface area (Å²) in [6, 6.07) is 12.4. The molecule has 2 amide bonds. The Morgan fingerprint density at radius 3 is 2.73 bits per heavy atom. The number of benzene rings is 2. The van der Waals surface area contributed by atoms with Crippen molar-refractivity contribution in [3.05, 3.63) is 53.1 Å². The van der Waals surface area contributed by atoms with E-state index in [-0.39, 0.29) is 12.3 Å². The molecule has 1 aromatic heterocycles. The Kier molecular flexibility index (Phi) is 7.31. The second-order valence-electron chi connectivity index (χ2n) is 6.13. The third kappa shape index (κ3) is 5.98. The average Bonchev–Trinajstić information content (AvgIpc) is 3.15. The summed E-state index contributed by atoms with van der Waals surface area (Å²) >= 11 is 7.07. The molecule has 0 aliphatic rings. The summed E-state index contributed by atoms with van der Waals surface area (Å²) in [7, 11) is 0. The molecule has 0 saturated carbocycles. The van der Waals surface area contributed by atoms with E-state index in [0.717, 1.165) is 17.3 Å². The van der Waals surface area contributed by atoms with Crippen LogP contribution in [0, 0.1) is 6.92 Å². The van der Waals surface area contributed by atoms with Gasteiger partial charge in [0.1, 0.15) is 11.3 Å². The van der Waals surface area contributed by atoms with Crippen molar-refractivity contribution in [1.82, 2.24) is 10.3 Å². The molecule has 0 bridgehead atoms. The van der Waals surface area contributed by atoms with E-state index in [2.05, 4.69) is 15.6 Å². The number of carbonyl (C=O) groups is 3. The van der Waals surface area contributed by atoms with Crippen molar-refractivity contribution < 1.29 is 23.5 Å². The zero-order valence-corrected chi connectivity index (χ0v) is 17.5. The summed E-state index contributed by atoms with van der Waals surface area (Å²) in [5.74, 6) is -1.68. The number of thioether (sulfide) groups is 1. The predicted molar refractivity (Wildman–Crippen MR) is 114 cm³/mol. The quantitative estimate of drug-likeness (QED) is 0.403. The fourth-order valence-electron chi connectivity index (χ4n) is 2.39. The number of hydrogen-bond acceptors (Lipinski definition) is 7. The van der Waals surface area contributed by atoms with Gasteiger partial charge in [0.25, 0.3) is 11.1 Å². The van der Waals surface area contributed by atoms with Crippen LogP contribution in [0.4, 0.5) is 5.69 Å². The SMILES string of the molecule is Cc1c(Cl)cccc1NC(=O)CNC(=O)COC(=O)CSc1nc2ccccc2o1. The van der Waals surface area contributed by atoms with Gasteiger partial charge < -0.3 is 19.8 Å². The summed E-state index contributed by atoms with van der Waals surface area (Å²) in [5.41, 5.74) is 2.60. The van der Waals surface area contributed by atoms with Crippen molar-refractivity contribution in [1.29, 1.82) is 0 Å². The summed E-state index contributed by atoms with van der Waals surface area (Å²) in [6.45, 7) is 1.02. The second-order valence-corrected chi connectivity index (χ2v) is 7.47. The summed E-state index contributed by atoms with van der Waals surface area (Å²) in [4.78, 5) is 39.8. The van der Waals surface area contributed by atoms with Crippen LogP contribution in [0.5, 0.6) is 0 Å². The third-order valence-electron chi connectivity index (χ3n) is 3.94. The average molecular weight is 448 g/mol. The maximum Gasteiger partial charge on any atom is 0.316 e. The number of ether oxygens (including phenoxy) is 1. The molecule has 2 N–H and O–H groups in total. The third-order valence-corrected chi connectivity index (χ3v) is 5.15. The highest BCUT2D eigenvalue weighted by Gasteiger charge is 2.13. The van der Waals surface area contributed by atoms with Crippen LogP contribution in [0.15, 0.2) is 52.1 Å². The number of esters is 1. The first-order valence-electron chi connectivity index (χ1n) is 8.88. The number of anilines is 1. The van der Waals surface area contributed by atoms with Gasteiger partial charge in [0.05, 0.1) is 6.54 Å². The van der Waals surface area contributed by atoms with E-state index in [0.29, 0.717) is 27.0 Å². The molecular formula is C20H18ClN3O5S. The predicted octanol–water partition coefficient (Wildman–Crippen LogP) is 3.18. The van der Waals surface area contributed by atoms with Crippen LogP contribution in [-0.4, -0.2) is 41.7 Å². The molecule has 0 unspecified atom stereocenters. The number of halogens is 1. The molecule has 2 aromatic carbocycles. The van der Waals surface area contributed by atoms with Gasteiger partial charge in [-0.3, -0.25) is 14.4 Å². The van der Waals surface area contributed by atoms with Crippen LogP contribution in [0.1, 0.15) is 5.56 Å². The fourth-order valence-corrected chi connectivity index (χ4v) is 3.20. The first kappa shape index (κ1) is 21.7. The molecule has 0 spiro atoms. The lowest BCUT2D eigenvalue weighted by molar-refractivity contribution is -0.146. The standard InChI is InChI=1S/C20H18ClN3O5S/c1-12-13(21)5-4-7-14(12)23-17(25)9-22-18(26)10-28-19(27)11-30-20-24-15-6-2-3-8-16(15)29-20/h2-8H,9-11H2,1H3,(H,22,26)(H,23,25). The number of amides is 2. The van der Waals surface area contributed by atoms with Crippen LogP contribution < -0.4 is 10.6 Å². The van der Waals surface area contributed by atoms with Gasteiger partial charge in [-0.15, -0.1) is 0 Å². The minimum absolute atomic E-state index is 0.0609. The van der Waals surface area contributed by atoms with Crippen LogP contribution in [0.2, 0.25) is 5.02 Å². The minimum atomic E-state index is -0.601. The van der Waals surface area contributed by atoms with Gasteiger partial charge in [-0.2, -0.15) is 0 Å². The zero-order valence-electron chi connectivity index (χ0n) is 15.9. The van der Waals surface area contributed by atoms with Crippen molar-refractivity contribution in [2.45, 2.75) is 12.1 Å². The van der Waals surface area contributed by atoms with E-state index in [1.54, 1.807) is 37.3 Å². The lowest BCUT2D eigenvalue weighted by Gasteiger charge is -2.10. The monoisotopic (exact) mass is 447 g/mol. The highest BCUT2D eigenvalue weighted by molar-refractivity contribution is 7.99. The largest absolute Gasteiger partial charge is 0.455 e. The minimum Gasteiger partial charge on any atom is -0.455 e. The molecule has 30 heavy (non-hydrogen) atoms. The number of aromatic nitrogens is 1. The first-order chi connectivity index (χ1) is 14.4. The van der Waals surface area contributed by atoms with Crippen molar-refractivity contribution in [3.8, 4) is 0 Å². The zero-order chi connectivity index (χ0) is 21.5. The highest BCUT2D eigenvalue weighted by Crippen LogP contribution is 2.23. The maximum absolute atomic E-state index is 12.0. The molecule has 0 saturated heterocycles. The Balaban J connectivity index is 1.36. The van der Waals surface area contributed by atoms with Crippen molar-refractivity contribution in [2.75, 3.05) is 24.2 Å². The van der Waals surface area contributed by atoms with Gasteiger partial charge in [0.2, 0.25) is 5.91 Å². The van der Waals surface area contributed by atoms with Gasteiger partial charge in [-0.05, 0) is 36.8 Å². The van der Waals surface area contributed by atoms with Crippen LogP contribution in [0.25, 0.3) is 11.1 Å². The van der Waals surface area contributed by atoms with E-state index in [1.165, 1.54) is 0 Å². The summed E-state index contributed by atoms with van der Waals surface area (Å²) < 4.78 is 10.4. The van der Waals surface area contributed by atoms with E-state index >= 15 is 0 Å². The van der Waals surface area contributed by atoms with Crippen molar-refractivity contribution in [3.63, 3.8) is 0 Å². The molecule has 1 heterocycles. The topological polar surface area (TPSA) is 111 Å². The number of para-hydroxylation sites is 2. The number of oxazole rings is 1. The van der Waals surface area contributed by atoms with Crippen molar-refractivity contribution in [2.24, 2.45) is 0 Å². The van der Waals surface area contributed by atoms with E-state index in [4.69, 9.17) is 20.8 Å². The maximum atomic E-state index is 12.0. The second kappa shape index (κ2) is 10.1. The van der Waals surface area contributed by atoms with Crippen molar-refractivity contribution >= 4 is 57.9 Å². The van der Waals surface area contributed by atoms with Gasteiger partial charge >= 0.3 is 5.97 Å². The van der Waals surface area contributed by atoms with E-state index in [9.17, 15) is 14.4 Å². The Hall–Kier alpha value is -3.04. The lowest BCUT2D eigenvalue weighted by atomic mass is 10.2. The number of nitrogens with one attached hydrogen (secondary N) is 2. The van der Waals surface area contributed by atoms with Crippen LogP contribution in [0.3, 0.4) is 0 Å². The molecule has 0 aliphatic carbocycles. The number of nitrogens with zero attached hydrogens (tertiary/aromatic N) is 1. The molecule has 0 atom stereocenters. The summed E-state index contributed by atoms with van der Waals surface area (Å²) in [5, 5.41) is 5.90. The molecule has 8 nitrogen and oxygen atoms in total. The molecule has 3 aromatic rings. The molecule has 3 rings (SSSR count). The van der Waals surface area contributed by atoms with Gasteiger partial charge in [-0.1, -0.05) is 41.6 Å². The number of hydrogen-bond donors (Lipinski definition) is 2. The summed E-state index contributed by atoms with van der Waals surface area (Å²) in [6.07, 6.45) is 0. The molecule has 156 valence electrons. The highest BCUT2D eigenvalue weighted by atomic mass is 35.5. The molecule has 0 aliphatic heterocycles. The fraction of sp³-hybridized carbons (Fsp3) is 0.200. The molecule has 10 heteroatoms. The van der Waals surface area contributed by atoms with E-state index in [1.807, 2.05) is 12.1 Å². The smallest absolute Gasteiger partial charge is 0.316 e. The molecule has 0 fully saturated rings. The van der Waals surface area contributed by atoms with Crippen LogP contribution >= 0.6 is 23.4 Å². The van der Waals surface area contributed by atoms with Gasteiger partial charge in [0, 0.05) is 10.7 Å². The Morgan fingerprint density at radius 2 is 1.93 bits per heavy atom. The number of rotatable bonds is 8. The van der Waals surface area contributed by atoms with E-state index < -0.39 is 24.4 Å².